The average molecular weight is 383 g/mol. The molecular weight excluding hydrogens is 357 g/mol. The third-order valence-electron chi connectivity index (χ3n) is 4.63. The molecule has 28 heavy (non-hydrogen) atoms. The smallest absolute Gasteiger partial charge is 0.309 e. The Hall–Kier alpha value is -2.97. The number of methoxy groups -OCH3 is 2. The second kappa shape index (κ2) is 8.82. The molecule has 1 aromatic heterocycles. The average Bonchev–Trinajstić information content (AvgIpc) is 3.01. The van der Waals surface area contributed by atoms with Gasteiger partial charge in [0.15, 0.2) is 23.1 Å². The van der Waals surface area contributed by atoms with Gasteiger partial charge in [0.1, 0.15) is 6.61 Å². The molecule has 0 unspecified atom stereocenters. The maximum absolute atomic E-state index is 6.00. The van der Waals surface area contributed by atoms with Crippen LogP contribution in [0.1, 0.15) is 25.3 Å². The molecule has 0 saturated heterocycles. The van der Waals surface area contributed by atoms with Crippen molar-refractivity contribution in [1.82, 2.24) is 9.97 Å². The van der Waals surface area contributed by atoms with Crippen LogP contribution in [0, 0.1) is 0 Å². The fraction of sp³-hybridized carbons (Fsp3) is 0.421. The standard InChI is InChI=1S/C19H26BN5O3/c1-5-6-7-22-18-17(10-23-19(21)24-18)28-11-14-12-8-15(26-3)16(27-4)9-13(12)20(2)25-14/h8-10H,5-7,11H2,1-4H3,(H3,21,22,23,24). The summed E-state index contributed by atoms with van der Waals surface area (Å²) < 4.78 is 16.8. The van der Waals surface area contributed by atoms with Crippen LogP contribution in [0.15, 0.2) is 23.2 Å². The van der Waals surface area contributed by atoms with Gasteiger partial charge in [0, 0.05) is 6.54 Å². The van der Waals surface area contributed by atoms with Crippen molar-refractivity contribution in [3.05, 3.63) is 23.9 Å². The molecule has 0 saturated carbocycles. The number of anilines is 2. The lowest BCUT2D eigenvalue weighted by Crippen LogP contribution is -2.24. The Labute approximate surface area is 165 Å². The number of aromatic nitrogens is 2. The minimum absolute atomic E-state index is 0.0261. The predicted molar refractivity (Wildman–Crippen MR) is 113 cm³/mol. The van der Waals surface area contributed by atoms with Crippen molar-refractivity contribution < 1.29 is 14.2 Å². The summed E-state index contributed by atoms with van der Waals surface area (Å²) in [6, 6.07) is 3.92. The van der Waals surface area contributed by atoms with Crippen molar-refractivity contribution >= 4 is 29.8 Å². The second-order valence-corrected chi connectivity index (χ2v) is 6.56. The lowest BCUT2D eigenvalue weighted by molar-refractivity contribution is 0.355. The number of fused-ring (bicyclic) bond motifs is 1. The third kappa shape index (κ3) is 4.13. The van der Waals surface area contributed by atoms with Gasteiger partial charge in [-0.1, -0.05) is 20.2 Å². The van der Waals surface area contributed by atoms with Gasteiger partial charge in [-0.05, 0) is 29.6 Å². The summed E-state index contributed by atoms with van der Waals surface area (Å²) in [5.41, 5.74) is 8.66. The van der Waals surface area contributed by atoms with E-state index in [0.29, 0.717) is 29.7 Å². The zero-order valence-electron chi connectivity index (χ0n) is 16.8. The fourth-order valence-corrected chi connectivity index (χ4v) is 3.12. The first kappa shape index (κ1) is 19.8. The van der Waals surface area contributed by atoms with Gasteiger partial charge in [-0.25, -0.2) is 4.98 Å². The van der Waals surface area contributed by atoms with Crippen LogP contribution in [0.3, 0.4) is 0 Å². The summed E-state index contributed by atoms with van der Waals surface area (Å²) in [7, 11) is 3.25. The van der Waals surface area contributed by atoms with Crippen LogP contribution in [0.2, 0.25) is 6.82 Å². The van der Waals surface area contributed by atoms with E-state index in [1.54, 1.807) is 20.4 Å². The Balaban J connectivity index is 1.79. The molecule has 0 radical (unpaired) electrons. The van der Waals surface area contributed by atoms with Gasteiger partial charge < -0.3 is 30.2 Å². The van der Waals surface area contributed by atoms with Crippen molar-refractivity contribution in [2.45, 2.75) is 26.6 Å². The summed E-state index contributed by atoms with van der Waals surface area (Å²) in [5.74, 6) is 2.72. The third-order valence-corrected chi connectivity index (χ3v) is 4.63. The highest BCUT2D eigenvalue weighted by Crippen LogP contribution is 2.29. The molecule has 1 aliphatic heterocycles. The second-order valence-electron chi connectivity index (χ2n) is 6.56. The van der Waals surface area contributed by atoms with Crippen LogP contribution in [-0.2, 0) is 0 Å². The predicted octanol–water partition coefficient (Wildman–Crippen LogP) is 2.00. The molecule has 0 atom stereocenters. The minimum Gasteiger partial charge on any atom is -0.493 e. The molecule has 2 heterocycles. The Morgan fingerprint density at radius 2 is 1.89 bits per heavy atom. The van der Waals surface area contributed by atoms with Gasteiger partial charge in [0.2, 0.25) is 5.95 Å². The number of nitrogens with zero attached hydrogens (tertiary/aromatic N) is 3. The molecule has 9 heteroatoms. The van der Waals surface area contributed by atoms with E-state index in [2.05, 4.69) is 22.2 Å². The van der Waals surface area contributed by atoms with E-state index in [0.717, 1.165) is 36.1 Å². The zero-order chi connectivity index (χ0) is 20.1. The van der Waals surface area contributed by atoms with E-state index in [-0.39, 0.29) is 12.8 Å². The molecule has 0 aliphatic carbocycles. The summed E-state index contributed by atoms with van der Waals surface area (Å²) >= 11 is 0. The van der Waals surface area contributed by atoms with Crippen LogP contribution in [0.25, 0.3) is 0 Å². The monoisotopic (exact) mass is 383 g/mol. The summed E-state index contributed by atoms with van der Waals surface area (Å²) in [5, 5.41) is 3.26. The molecule has 2 aromatic rings. The van der Waals surface area contributed by atoms with Gasteiger partial charge in [-0.2, -0.15) is 4.98 Å². The first-order valence-corrected chi connectivity index (χ1v) is 9.39. The van der Waals surface area contributed by atoms with Crippen LogP contribution >= 0.6 is 0 Å². The van der Waals surface area contributed by atoms with Gasteiger partial charge in [-0.15, -0.1) is 0 Å². The Morgan fingerprint density at radius 1 is 1.14 bits per heavy atom. The van der Waals surface area contributed by atoms with Crippen molar-refractivity contribution in [3.8, 4) is 17.2 Å². The van der Waals surface area contributed by atoms with E-state index in [4.69, 9.17) is 24.8 Å². The van der Waals surface area contributed by atoms with E-state index < -0.39 is 0 Å². The van der Waals surface area contributed by atoms with E-state index >= 15 is 0 Å². The number of benzene rings is 1. The first-order valence-electron chi connectivity index (χ1n) is 9.39. The number of rotatable bonds is 9. The molecule has 0 amide bonds. The van der Waals surface area contributed by atoms with Crippen LogP contribution in [0.4, 0.5) is 11.8 Å². The van der Waals surface area contributed by atoms with Crippen LogP contribution in [-0.4, -0.2) is 49.9 Å². The van der Waals surface area contributed by atoms with Crippen LogP contribution < -0.4 is 30.7 Å². The number of unbranched alkanes of at least 4 members (excludes halogenated alkanes) is 1. The van der Waals surface area contributed by atoms with Gasteiger partial charge in [0.25, 0.3) is 0 Å². The number of nitrogen functional groups attached to an aromatic ring is 1. The summed E-state index contributed by atoms with van der Waals surface area (Å²) in [6.45, 7) is 5.29. The van der Waals surface area contributed by atoms with Crippen molar-refractivity contribution in [1.29, 1.82) is 0 Å². The minimum atomic E-state index is 0.0261. The Morgan fingerprint density at radius 3 is 2.61 bits per heavy atom. The first-order chi connectivity index (χ1) is 13.6. The van der Waals surface area contributed by atoms with Gasteiger partial charge >= 0.3 is 6.85 Å². The molecule has 8 nitrogen and oxygen atoms in total. The SMILES string of the molecule is CCCCNc1nc(N)ncc1OCC1=NB(C)c2cc(OC)c(OC)cc21. The molecule has 1 aliphatic rings. The van der Waals surface area contributed by atoms with Gasteiger partial charge in [-0.3, -0.25) is 0 Å². The molecule has 3 rings (SSSR count). The molecule has 0 fully saturated rings. The largest absolute Gasteiger partial charge is 0.493 e. The van der Waals surface area contributed by atoms with Gasteiger partial charge in [0.05, 0.1) is 26.1 Å². The molecule has 3 N–H and O–H groups in total. The highest BCUT2D eigenvalue weighted by atomic mass is 16.5. The zero-order valence-corrected chi connectivity index (χ0v) is 16.8. The maximum Gasteiger partial charge on any atom is 0.309 e. The van der Waals surface area contributed by atoms with Crippen LogP contribution in [0.5, 0.6) is 17.2 Å². The number of nitrogens with two attached hydrogens (primary N) is 1. The number of ether oxygens (including phenoxy) is 3. The normalized spacial score (nSPS) is 12.4. The Bertz CT molecular complexity index is 875. The lowest BCUT2D eigenvalue weighted by Gasteiger charge is -2.14. The Kier molecular flexibility index (Phi) is 6.23. The molecule has 0 spiro atoms. The number of hydrogen-bond donors (Lipinski definition) is 2. The molecule has 0 bridgehead atoms. The number of nitrogens with one attached hydrogen (secondary N) is 1. The highest BCUT2D eigenvalue weighted by Gasteiger charge is 2.28. The summed E-state index contributed by atoms with van der Waals surface area (Å²) in [4.78, 5) is 13.0. The topological polar surface area (TPSA) is 104 Å². The van der Waals surface area contributed by atoms with Crippen molar-refractivity contribution in [2.75, 3.05) is 38.4 Å². The fourth-order valence-electron chi connectivity index (χ4n) is 3.12. The quantitative estimate of drug-likeness (QED) is 0.504. The van der Waals surface area contributed by atoms with Crippen molar-refractivity contribution in [2.24, 2.45) is 4.90 Å². The summed E-state index contributed by atoms with van der Waals surface area (Å²) in [6.07, 6.45) is 3.70. The molecule has 1 aromatic carbocycles. The lowest BCUT2D eigenvalue weighted by atomic mass is 9.60. The van der Waals surface area contributed by atoms with E-state index in [1.807, 2.05) is 19.0 Å². The number of hydrogen-bond acceptors (Lipinski definition) is 8. The highest BCUT2D eigenvalue weighted by molar-refractivity contribution is 6.75. The molecule has 148 valence electrons. The molecular formula is C19H26BN5O3. The van der Waals surface area contributed by atoms with E-state index in [9.17, 15) is 0 Å². The van der Waals surface area contributed by atoms with Crippen molar-refractivity contribution in [3.63, 3.8) is 0 Å². The maximum atomic E-state index is 6.00. The van der Waals surface area contributed by atoms with E-state index in [1.165, 1.54) is 0 Å².